The number of carbonyl (C=O) groups excluding carboxylic acids is 1. The van der Waals surface area contributed by atoms with E-state index in [1.807, 2.05) is 36.9 Å². The minimum absolute atomic E-state index is 0.194. The van der Waals surface area contributed by atoms with Gasteiger partial charge in [0.25, 0.3) is 0 Å². The van der Waals surface area contributed by atoms with Crippen LogP contribution in [-0.2, 0) is 4.79 Å². The van der Waals surface area contributed by atoms with Crippen LogP contribution in [0.15, 0.2) is 48.8 Å². The van der Waals surface area contributed by atoms with Crippen LogP contribution in [0.25, 0.3) is 16.8 Å². The molecule has 2 aliphatic heterocycles. The second-order valence-electron chi connectivity index (χ2n) is 6.83. The van der Waals surface area contributed by atoms with E-state index in [9.17, 15) is 4.79 Å². The van der Waals surface area contributed by atoms with Gasteiger partial charge in [-0.2, -0.15) is 0 Å². The van der Waals surface area contributed by atoms with Crippen molar-refractivity contribution in [3.63, 3.8) is 0 Å². The molecule has 0 bridgehead atoms. The molecule has 122 valence electrons. The molecule has 1 fully saturated rings. The van der Waals surface area contributed by atoms with Gasteiger partial charge in [-0.15, -0.1) is 0 Å². The Balaban J connectivity index is 1.83. The van der Waals surface area contributed by atoms with Crippen LogP contribution < -0.4 is 4.74 Å². The highest BCUT2D eigenvalue weighted by Crippen LogP contribution is 2.41. The molecule has 0 spiro atoms. The first-order chi connectivity index (χ1) is 11.5. The van der Waals surface area contributed by atoms with Crippen molar-refractivity contribution in [2.24, 2.45) is 0 Å². The number of hydrogen-bond acceptors (Lipinski definition) is 3. The summed E-state index contributed by atoms with van der Waals surface area (Å²) in [5, 5.41) is 0. The lowest BCUT2D eigenvalue weighted by molar-refractivity contribution is -0.124. The Kier molecular flexibility index (Phi) is 3.41. The van der Waals surface area contributed by atoms with Gasteiger partial charge in [0.2, 0.25) is 5.91 Å². The van der Waals surface area contributed by atoms with Gasteiger partial charge in [0.05, 0.1) is 5.70 Å². The van der Waals surface area contributed by atoms with Crippen LogP contribution in [0.4, 0.5) is 0 Å². The fraction of sp³-hybridized carbons (Fsp3) is 0.300. The van der Waals surface area contributed by atoms with Crippen LogP contribution in [0, 0.1) is 0 Å². The Morgan fingerprint density at radius 2 is 1.92 bits per heavy atom. The Labute approximate surface area is 141 Å². The molecule has 4 heteroatoms. The Hall–Kier alpha value is -2.62. The lowest BCUT2D eigenvalue weighted by Crippen LogP contribution is -2.34. The molecule has 4 rings (SSSR count). The van der Waals surface area contributed by atoms with E-state index in [0.717, 1.165) is 41.1 Å². The third-order valence-electron chi connectivity index (χ3n) is 4.49. The molecular formula is C20H20N2O2. The number of ether oxygens (including phenoxy) is 1. The lowest BCUT2D eigenvalue weighted by Gasteiger charge is -2.34. The van der Waals surface area contributed by atoms with E-state index >= 15 is 0 Å². The minimum atomic E-state index is -0.427. The standard InChI is InChI=1S/C20H20N2O2/c1-20(2)13-17(22-11-3-4-19(22)23)16-12-15(5-6-18(16)24-20)14-7-9-21-10-8-14/h5-10,12-13H,3-4,11H2,1-2H3. The summed E-state index contributed by atoms with van der Waals surface area (Å²) in [6.07, 6.45) is 7.17. The van der Waals surface area contributed by atoms with E-state index in [1.165, 1.54) is 0 Å². The van der Waals surface area contributed by atoms with Crippen LogP contribution in [-0.4, -0.2) is 27.9 Å². The SMILES string of the molecule is CC1(C)C=C(N2CCCC2=O)c2cc(-c3ccncc3)ccc2O1. The van der Waals surface area contributed by atoms with Crippen molar-refractivity contribution in [3.05, 3.63) is 54.4 Å². The zero-order chi connectivity index (χ0) is 16.7. The molecule has 0 saturated carbocycles. The molecule has 0 radical (unpaired) electrons. The molecule has 0 aliphatic carbocycles. The van der Waals surface area contributed by atoms with Gasteiger partial charge in [-0.25, -0.2) is 0 Å². The van der Waals surface area contributed by atoms with Crippen LogP contribution in [0.1, 0.15) is 32.3 Å². The van der Waals surface area contributed by atoms with Gasteiger partial charge in [-0.05, 0) is 61.7 Å². The number of nitrogens with zero attached hydrogens (tertiary/aromatic N) is 2. The van der Waals surface area contributed by atoms with Gasteiger partial charge >= 0.3 is 0 Å². The smallest absolute Gasteiger partial charge is 0.227 e. The minimum Gasteiger partial charge on any atom is -0.483 e. The van der Waals surface area contributed by atoms with Crippen molar-refractivity contribution in [1.29, 1.82) is 0 Å². The number of hydrogen-bond donors (Lipinski definition) is 0. The van der Waals surface area contributed by atoms with E-state index in [1.54, 1.807) is 12.4 Å². The molecule has 1 aromatic heterocycles. The Morgan fingerprint density at radius 3 is 2.62 bits per heavy atom. The molecule has 1 saturated heterocycles. The summed E-state index contributed by atoms with van der Waals surface area (Å²) >= 11 is 0. The summed E-state index contributed by atoms with van der Waals surface area (Å²) in [6, 6.07) is 10.1. The van der Waals surface area contributed by atoms with Crippen LogP contribution in [0.2, 0.25) is 0 Å². The third kappa shape index (κ3) is 2.58. The summed E-state index contributed by atoms with van der Waals surface area (Å²) < 4.78 is 6.11. The summed E-state index contributed by atoms with van der Waals surface area (Å²) in [6.45, 7) is 4.82. The van der Waals surface area contributed by atoms with Crippen molar-refractivity contribution >= 4 is 11.6 Å². The first-order valence-corrected chi connectivity index (χ1v) is 8.31. The summed E-state index contributed by atoms with van der Waals surface area (Å²) in [5.41, 5.74) is 3.73. The van der Waals surface area contributed by atoms with E-state index in [0.29, 0.717) is 6.42 Å². The van der Waals surface area contributed by atoms with E-state index in [4.69, 9.17) is 4.74 Å². The first-order valence-electron chi connectivity index (χ1n) is 8.31. The maximum atomic E-state index is 12.3. The van der Waals surface area contributed by atoms with Crippen molar-refractivity contribution in [1.82, 2.24) is 9.88 Å². The van der Waals surface area contributed by atoms with Gasteiger partial charge < -0.3 is 9.64 Å². The van der Waals surface area contributed by atoms with Gasteiger partial charge in [0.1, 0.15) is 11.4 Å². The molecule has 1 amide bonds. The molecule has 3 heterocycles. The Morgan fingerprint density at radius 1 is 1.12 bits per heavy atom. The van der Waals surface area contributed by atoms with Gasteiger partial charge in [-0.3, -0.25) is 9.78 Å². The highest BCUT2D eigenvalue weighted by atomic mass is 16.5. The van der Waals surface area contributed by atoms with E-state index < -0.39 is 5.60 Å². The molecule has 2 aliphatic rings. The predicted octanol–water partition coefficient (Wildman–Crippen LogP) is 3.88. The number of benzene rings is 1. The van der Waals surface area contributed by atoms with Gasteiger partial charge in [0.15, 0.2) is 0 Å². The second kappa shape index (κ2) is 5.48. The molecule has 0 atom stereocenters. The highest BCUT2D eigenvalue weighted by Gasteiger charge is 2.33. The zero-order valence-corrected chi connectivity index (χ0v) is 14.0. The predicted molar refractivity (Wildman–Crippen MR) is 93.3 cm³/mol. The molecule has 4 nitrogen and oxygen atoms in total. The lowest BCUT2D eigenvalue weighted by atomic mass is 9.95. The van der Waals surface area contributed by atoms with E-state index in [-0.39, 0.29) is 5.91 Å². The average Bonchev–Trinajstić information content (AvgIpc) is 3.00. The number of aromatic nitrogens is 1. The first kappa shape index (κ1) is 14.9. The zero-order valence-electron chi connectivity index (χ0n) is 14.0. The monoisotopic (exact) mass is 320 g/mol. The molecule has 0 N–H and O–H groups in total. The number of amides is 1. The summed E-state index contributed by atoms with van der Waals surface area (Å²) in [7, 11) is 0. The summed E-state index contributed by atoms with van der Waals surface area (Å²) in [5.74, 6) is 1.02. The largest absolute Gasteiger partial charge is 0.483 e. The molecule has 24 heavy (non-hydrogen) atoms. The topological polar surface area (TPSA) is 42.4 Å². The van der Waals surface area contributed by atoms with Crippen LogP contribution in [0.3, 0.4) is 0 Å². The summed E-state index contributed by atoms with van der Waals surface area (Å²) in [4.78, 5) is 18.3. The van der Waals surface area contributed by atoms with Crippen molar-refractivity contribution in [3.8, 4) is 16.9 Å². The maximum Gasteiger partial charge on any atom is 0.227 e. The number of rotatable bonds is 2. The van der Waals surface area contributed by atoms with Crippen LogP contribution in [0.5, 0.6) is 5.75 Å². The maximum absolute atomic E-state index is 12.3. The quantitative estimate of drug-likeness (QED) is 0.843. The van der Waals surface area contributed by atoms with Gasteiger partial charge in [-0.1, -0.05) is 6.07 Å². The normalized spacial score (nSPS) is 18.8. The third-order valence-corrected chi connectivity index (χ3v) is 4.49. The van der Waals surface area contributed by atoms with Gasteiger partial charge in [0, 0.05) is 30.9 Å². The number of fused-ring (bicyclic) bond motifs is 1. The fourth-order valence-corrected chi connectivity index (χ4v) is 3.39. The molecular weight excluding hydrogens is 300 g/mol. The number of pyridine rings is 1. The fourth-order valence-electron chi connectivity index (χ4n) is 3.39. The molecule has 0 unspecified atom stereocenters. The van der Waals surface area contributed by atoms with Crippen LogP contribution >= 0.6 is 0 Å². The average molecular weight is 320 g/mol. The second-order valence-corrected chi connectivity index (χ2v) is 6.83. The number of carbonyl (C=O) groups is 1. The van der Waals surface area contributed by atoms with Crippen molar-refractivity contribution < 1.29 is 9.53 Å². The molecule has 2 aromatic rings. The Bertz CT molecular complexity index is 825. The number of likely N-dealkylation sites (tertiary alicyclic amines) is 1. The van der Waals surface area contributed by atoms with E-state index in [2.05, 4.69) is 23.2 Å². The van der Waals surface area contributed by atoms with Crippen molar-refractivity contribution in [2.45, 2.75) is 32.3 Å². The highest BCUT2D eigenvalue weighted by molar-refractivity contribution is 5.91. The molecule has 1 aromatic carbocycles. The van der Waals surface area contributed by atoms with Crippen molar-refractivity contribution in [2.75, 3.05) is 6.54 Å².